The Labute approximate surface area is 170 Å². The molecule has 0 saturated carbocycles. The second kappa shape index (κ2) is 8.29. The molecule has 0 unspecified atom stereocenters. The van der Waals surface area contributed by atoms with E-state index in [9.17, 15) is 19.7 Å². The fourth-order valence-corrected chi connectivity index (χ4v) is 2.82. The number of benzene rings is 2. The standard InChI is InChI=1S/C19H16ClN3O6/c1-11-6-14(2-3-16(11)20)29-15-8-12(7-13(9-15)23(27)28)21-17-10-18(25)22(4-5-24)19(17)26/h2-3,6-10,21,24H,4-5H2,1H3. The molecule has 1 aliphatic rings. The number of aliphatic hydroxyl groups excluding tert-OH is 1. The van der Waals surface area contributed by atoms with E-state index < -0.39 is 16.7 Å². The van der Waals surface area contributed by atoms with E-state index >= 15 is 0 Å². The molecule has 0 aliphatic carbocycles. The van der Waals surface area contributed by atoms with Crippen molar-refractivity contribution in [1.82, 2.24) is 4.90 Å². The van der Waals surface area contributed by atoms with Crippen molar-refractivity contribution in [3.05, 3.63) is 68.9 Å². The molecule has 0 saturated heterocycles. The van der Waals surface area contributed by atoms with Gasteiger partial charge in [0.15, 0.2) is 0 Å². The van der Waals surface area contributed by atoms with Gasteiger partial charge in [-0.05, 0) is 30.7 Å². The number of anilines is 1. The van der Waals surface area contributed by atoms with Gasteiger partial charge in [-0.1, -0.05) is 11.6 Å². The van der Waals surface area contributed by atoms with Crippen LogP contribution in [0.3, 0.4) is 0 Å². The molecule has 2 N–H and O–H groups in total. The molecular formula is C19H16ClN3O6. The van der Waals surface area contributed by atoms with Crippen LogP contribution in [0.4, 0.5) is 11.4 Å². The molecule has 1 aliphatic heterocycles. The fourth-order valence-electron chi connectivity index (χ4n) is 2.70. The zero-order chi connectivity index (χ0) is 21.1. The Morgan fingerprint density at radius 2 is 1.97 bits per heavy atom. The maximum Gasteiger partial charge on any atom is 0.277 e. The SMILES string of the molecule is Cc1cc(Oc2cc(NC3=CC(=O)N(CCO)C3=O)cc([N+](=O)[O-])c2)ccc1Cl. The number of β-amino-alcohol motifs (C(OH)–C–C–N with tert-alkyl or cyclic N) is 1. The molecule has 0 spiro atoms. The Balaban J connectivity index is 1.88. The first-order chi connectivity index (χ1) is 13.8. The molecule has 0 fully saturated rings. The molecule has 0 bridgehead atoms. The lowest BCUT2D eigenvalue weighted by Gasteiger charge is -2.14. The number of aliphatic hydroxyl groups is 1. The number of amides is 2. The number of imide groups is 1. The summed E-state index contributed by atoms with van der Waals surface area (Å²) >= 11 is 5.99. The molecule has 29 heavy (non-hydrogen) atoms. The van der Waals surface area contributed by atoms with Gasteiger partial charge in [-0.25, -0.2) is 0 Å². The van der Waals surface area contributed by atoms with Crippen LogP contribution in [-0.4, -0.2) is 39.9 Å². The van der Waals surface area contributed by atoms with E-state index in [1.165, 1.54) is 18.2 Å². The number of hydrogen-bond acceptors (Lipinski definition) is 7. The predicted octanol–water partition coefficient (Wildman–Crippen LogP) is 3.01. The van der Waals surface area contributed by atoms with Crippen LogP contribution in [-0.2, 0) is 9.59 Å². The number of halogens is 1. The molecule has 0 atom stereocenters. The number of ether oxygens (including phenoxy) is 1. The summed E-state index contributed by atoms with van der Waals surface area (Å²) in [5, 5.41) is 23.5. The Bertz CT molecular complexity index is 1040. The van der Waals surface area contributed by atoms with Crippen molar-refractivity contribution >= 4 is 34.8 Å². The Morgan fingerprint density at radius 3 is 2.62 bits per heavy atom. The summed E-state index contributed by atoms with van der Waals surface area (Å²) in [4.78, 5) is 35.7. The number of rotatable bonds is 7. The highest BCUT2D eigenvalue weighted by molar-refractivity contribution is 6.31. The largest absolute Gasteiger partial charge is 0.457 e. The predicted molar refractivity (Wildman–Crippen MR) is 105 cm³/mol. The Kier molecular flexibility index (Phi) is 5.81. The first kappa shape index (κ1) is 20.3. The Hall–Kier alpha value is -3.43. The fraction of sp³-hybridized carbons (Fsp3) is 0.158. The third kappa shape index (κ3) is 4.53. The first-order valence-electron chi connectivity index (χ1n) is 8.47. The molecule has 150 valence electrons. The summed E-state index contributed by atoms with van der Waals surface area (Å²) in [5.74, 6) is -0.622. The minimum Gasteiger partial charge on any atom is -0.457 e. The van der Waals surface area contributed by atoms with Crippen LogP contribution in [0, 0.1) is 17.0 Å². The second-order valence-corrected chi connectivity index (χ2v) is 6.59. The van der Waals surface area contributed by atoms with Gasteiger partial charge in [0.25, 0.3) is 17.5 Å². The van der Waals surface area contributed by atoms with Gasteiger partial charge in [-0.15, -0.1) is 0 Å². The van der Waals surface area contributed by atoms with E-state index in [1.807, 2.05) is 0 Å². The number of nitro groups is 1. The smallest absolute Gasteiger partial charge is 0.277 e. The number of aryl methyl sites for hydroxylation is 1. The van der Waals surface area contributed by atoms with Crippen LogP contribution < -0.4 is 10.1 Å². The van der Waals surface area contributed by atoms with Crippen molar-refractivity contribution in [2.75, 3.05) is 18.5 Å². The van der Waals surface area contributed by atoms with Gasteiger partial charge in [0, 0.05) is 28.9 Å². The minimum atomic E-state index is -0.633. The van der Waals surface area contributed by atoms with E-state index in [-0.39, 0.29) is 36.0 Å². The number of nitro benzene ring substituents is 1. The molecule has 10 heteroatoms. The third-order valence-electron chi connectivity index (χ3n) is 4.08. The van der Waals surface area contributed by atoms with E-state index in [1.54, 1.807) is 25.1 Å². The lowest BCUT2D eigenvalue weighted by Crippen LogP contribution is -2.34. The molecule has 0 radical (unpaired) electrons. The molecular weight excluding hydrogens is 402 g/mol. The van der Waals surface area contributed by atoms with E-state index in [4.69, 9.17) is 21.4 Å². The summed E-state index contributed by atoms with van der Waals surface area (Å²) in [6.45, 7) is 1.29. The zero-order valence-electron chi connectivity index (χ0n) is 15.2. The summed E-state index contributed by atoms with van der Waals surface area (Å²) in [6.07, 6.45) is 1.07. The number of non-ortho nitro benzene ring substituents is 1. The highest BCUT2D eigenvalue weighted by Gasteiger charge is 2.31. The van der Waals surface area contributed by atoms with E-state index in [2.05, 4.69) is 5.32 Å². The zero-order valence-corrected chi connectivity index (χ0v) is 16.0. The summed E-state index contributed by atoms with van der Waals surface area (Å²) < 4.78 is 5.70. The summed E-state index contributed by atoms with van der Waals surface area (Å²) in [5.41, 5.74) is 0.646. The lowest BCUT2D eigenvalue weighted by molar-refractivity contribution is -0.384. The molecule has 2 aromatic carbocycles. The van der Waals surface area contributed by atoms with Crippen molar-refractivity contribution in [2.45, 2.75) is 6.92 Å². The average Bonchev–Trinajstić information content (AvgIpc) is 2.92. The normalized spacial score (nSPS) is 13.5. The number of nitrogens with zero attached hydrogens (tertiary/aromatic N) is 2. The number of nitrogens with one attached hydrogen (secondary N) is 1. The molecule has 0 aromatic heterocycles. The number of hydrogen-bond donors (Lipinski definition) is 2. The topological polar surface area (TPSA) is 122 Å². The van der Waals surface area contributed by atoms with Crippen molar-refractivity contribution < 1.29 is 24.4 Å². The maximum atomic E-state index is 12.3. The Morgan fingerprint density at radius 1 is 1.21 bits per heavy atom. The van der Waals surface area contributed by atoms with Crippen LogP contribution >= 0.6 is 11.6 Å². The van der Waals surface area contributed by atoms with Gasteiger partial charge >= 0.3 is 0 Å². The summed E-state index contributed by atoms with van der Waals surface area (Å²) in [6, 6.07) is 8.87. The quantitative estimate of drug-likeness (QED) is 0.403. The maximum absolute atomic E-state index is 12.3. The second-order valence-electron chi connectivity index (χ2n) is 6.19. The van der Waals surface area contributed by atoms with Crippen LogP contribution in [0.1, 0.15) is 5.56 Å². The lowest BCUT2D eigenvalue weighted by atomic mass is 10.2. The molecule has 2 amide bonds. The number of carbonyl (C=O) groups is 2. The highest BCUT2D eigenvalue weighted by atomic mass is 35.5. The van der Waals surface area contributed by atoms with Crippen molar-refractivity contribution in [1.29, 1.82) is 0 Å². The molecule has 1 heterocycles. The third-order valence-corrected chi connectivity index (χ3v) is 4.50. The van der Waals surface area contributed by atoms with Crippen LogP contribution in [0.15, 0.2) is 48.2 Å². The molecule has 9 nitrogen and oxygen atoms in total. The van der Waals surface area contributed by atoms with Crippen LogP contribution in [0.2, 0.25) is 5.02 Å². The minimum absolute atomic E-state index is 0.0581. The van der Waals surface area contributed by atoms with Crippen LogP contribution in [0.5, 0.6) is 11.5 Å². The van der Waals surface area contributed by atoms with Gasteiger partial charge < -0.3 is 15.2 Å². The van der Waals surface area contributed by atoms with Gasteiger partial charge in [0.05, 0.1) is 24.1 Å². The van der Waals surface area contributed by atoms with Gasteiger partial charge in [0.2, 0.25) is 0 Å². The van der Waals surface area contributed by atoms with Crippen molar-refractivity contribution in [3.63, 3.8) is 0 Å². The number of carbonyl (C=O) groups excluding carboxylic acids is 2. The summed E-state index contributed by atoms with van der Waals surface area (Å²) in [7, 11) is 0. The first-order valence-corrected chi connectivity index (χ1v) is 8.85. The average molecular weight is 418 g/mol. The van der Waals surface area contributed by atoms with E-state index in [0.29, 0.717) is 10.8 Å². The van der Waals surface area contributed by atoms with Crippen molar-refractivity contribution in [2.24, 2.45) is 0 Å². The van der Waals surface area contributed by atoms with Gasteiger partial charge in [0.1, 0.15) is 17.2 Å². The van der Waals surface area contributed by atoms with Gasteiger partial charge in [-0.2, -0.15) is 0 Å². The molecule has 2 aromatic rings. The van der Waals surface area contributed by atoms with E-state index in [0.717, 1.165) is 16.5 Å². The van der Waals surface area contributed by atoms with Crippen LogP contribution in [0.25, 0.3) is 0 Å². The monoisotopic (exact) mass is 417 g/mol. The molecule has 3 rings (SSSR count). The highest BCUT2D eigenvalue weighted by Crippen LogP contribution is 2.32. The van der Waals surface area contributed by atoms with Gasteiger partial charge in [-0.3, -0.25) is 24.6 Å². The van der Waals surface area contributed by atoms with Crippen molar-refractivity contribution in [3.8, 4) is 11.5 Å².